The number of nitrogens with zero attached hydrogens (tertiary/aromatic N) is 4. The first-order valence-electron chi connectivity index (χ1n) is 19.9. The van der Waals surface area contributed by atoms with Gasteiger partial charge in [0.05, 0.1) is 18.1 Å². The SMILES string of the molecule is CCOC(=O)N1CCC(N2CCCC(NC(=O)c3cc(CCOC(=O)N4CCC(N5CCCC(NC(=O)C6CCCCC6)C5)CC4)cs3)C2)CC1. The number of ether oxygens (including phenoxy) is 2. The third kappa shape index (κ3) is 10.6. The number of amides is 4. The van der Waals surface area contributed by atoms with Crippen molar-refractivity contribution in [3.8, 4) is 0 Å². The summed E-state index contributed by atoms with van der Waals surface area (Å²) < 4.78 is 10.8. The van der Waals surface area contributed by atoms with Crippen LogP contribution in [0.15, 0.2) is 11.4 Å². The van der Waals surface area contributed by atoms with Gasteiger partial charge in [0.15, 0.2) is 0 Å². The lowest BCUT2D eigenvalue weighted by molar-refractivity contribution is -0.127. The Balaban J connectivity index is 0.860. The summed E-state index contributed by atoms with van der Waals surface area (Å²) in [5.74, 6) is 0.418. The summed E-state index contributed by atoms with van der Waals surface area (Å²) in [5.41, 5.74) is 1.01. The van der Waals surface area contributed by atoms with E-state index < -0.39 is 0 Å². The second-order valence-corrected chi connectivity index (χ2v) is 16.2. The number of rotatable bonds is 10. The highest BCUT2D eigenvalue weighted by atomic mass is 32.1. The van der Waals surface area contributed by atoms with Crippen LogP contribution in [0.2, 0.25) is 0 Å². The average Bonchev–Trinajstić information content (AvgIpc) is 3.65. The van der Waals surface area contributed by atoms with Crippen LogP contribution >= 0.6 is 11.3 Å². The third-order valence-electron chi connectivity index (χ3n) is 11.8. The largest absolute Gasteiger partial charge is 0.450 e. The summed E-state index contributed by atoms with van der Waals surface area (Å²) in [4.78, 5) is 60.3. The standard InChI is InChI=1S/C38H60N6O6S/c1-2-49-37(47)41-19-12-32(13-20-41)44-18-7-11-31(26-44)40-36(46)34-24-28(27-51-34)16-23-50-38(48)42-21-14-33(15-22-42)43-17-6-10-30(25-43)39-35(45)29-8-4-3-5-9-29/h24,27,29-33H,2-23,25-26H2,1H3,(H,39,45)(H,40,46). The molecule has 1 aromatic heterocycles. The molecule has 1 aliphatic carbocycles. The first-order chi connectivity index (χ1) is 24.9. The molecule has 0 bridgehead atoms. The molecule has 5 aliphatic rings. The number of carbonyl (C=O) groups is 4. The lowest BCUT2D eigenvalue weighted by Gasteiger charge is -2.42. The van der Waals surface area contributed by atoms with Crippen molar-refractivity contribution in [1.82, 2.24) is 30.2 Å². The van der Waals surface area contributed by atoms with Crippen molar-refractivity contribution >= 4 is 35.3 Å². The van der Waals surface area contributed by atoms with Gasteiger partial charge in [-0.25, -0.2) is 9.59 Å². The summed E-state index contributed by atoms with van der Waals surface area (Å²) in [6, 6.07) is 3.12. The Morgan fingerprint density at radius 3 is 1.86 bits per heavy atom. The van der Waals surface area contributed by atoms with Crippen LogP contribution in [-0.4, -0.2) is 133 Å². The average molecular weight is 729 g/mol. The molecule has 0 spiro atoms. The summed E-state index contributed by atoms with van der Waals surface area (Å²) in [7, 11) is 0. The maximum absolute atomic E-state index is 13.2. The minimum Gasteiger partial charge on any atom is -0.450 e. The van der Waals surface area contributed by atoms with Crippen molar-refractivity contribution in [2.45, 2.75) is 121 Å². The number of hydrogen-bond donors (Lipinski definition) is 2. The van der Waals surface area contributed by atoms with Crippen molar-refractivity contribution in [3.05, 3.63) is 21.9 Å². The van der Waals surface area contributed by atoms with E-state index >= 15 is 0 Å². The van der Waals surface area contributed by atoms with Crippen LogP contribution < -0.4 is 10.6 Å². The van der Waals surface area contributed by atoms with Crippen LogP contribution in [0, 0.1) is 5.92 Å². The van der Waals surface area contributed by atoms with Crippen molar-refractivity contribution in [3.63, 3.8) is 0 Å². The molecule has 2 unspecified atom stereocenters. The molecule has 5 heterocycles. The summed E-state index contributed by atoms with van der Waals surface area (Å²) in [5, 5.41) is 8.62. The Morgan fingerprint density at radius 2 is 1.27 bits per heavy atom. The van der Waals surface area contributed by atoms with Crippen LogP contribution in [0.1, 0.15) is 106 Å². The van der Waals surface area contributed by atoms with Gasteiger partial charge < -0.3 is 29.9 Å². The van der Waals surface area contributed by atoms with Gasteiger partial charge in [0.2, 0.25) is 5.91 Å². The molecule has 2 N–H and O–H groups in total. The molecule has 0 radical (unpaired) electrons. The van der Waals surface area contributed by atoms with E-state index in [1.165, 1.54) is 30.6 Å². The molecule has 5 fully saturated rings. The molecule has 13 heteroatoms. The molecular weight excluding hydrogens is 669 g/mol. The molecule has 51 heavy (non-hydrogen) atoms. The Kier molecular flexibility index (Phi) is 13.9. The van der Waals surface area contributed by atoms with E-state index in [1.54, 1.807) is 4.90 Å². The molecule has 4 amide bonds. The number of hydrogen-bond acceptors (Lipinski definition) is 9. The van der Waals surface area contributed by atoms with Gasteiger partial charge in [-0.15, -0.1) is 11.3 Å². The Hall–Kier alpha value is -2.90. The predicted molar refractivity (Wildman–Crippen MR) is 197 cm³/mol. The highest BCUT2D eigenvalue weighted by Crippen LogP contribution is 2.26. The van der Waals surface area contributed by atoms with Crippen molar-refractivity contribution in [1.29, 1.82) is 0 Å². The lowest BCUT2D eigenvalue weighted by Crippen LogP contribution is -2.54. The number of nitrogens with one attached hydrogen (secondary N) is 2. The molecule has 12 nitrogen and oxygen atoms in total. The van der Waals surface area contributed by atoms with E-state index in [2.05, 4.69) is 20.4 Å². The van der Waals surface area contributed by atoms with Gasteiger partial charge >= 0.3 is 12.2 Å². The van der Waals surface area contributed by atoms with Crippen LogP contribution in [0.4, 0.5) is 9.59 Å². The predicted octanol–water partition coefficient (Wildman–Crippen LogP) is 4.87. The third-order valence-corrected chi connectivity index (χ3v) is 12.8. The van der Waals surface area contributed by atoms with E-state index in [1.807, 2.05) is 23.3 Å². The van der Waals surface area contributed by atoms with E-state index in [-0.39, 0.29) is 48.6 Å². The fourth-order valence-corrected chi connectivity index (χ4v) is 9.72. The van der Waals surface area contributed by atoms with Crippen molar-refractivity contribution < 1.29 is 28.7 Å². The van der Waals surface area contributed by atoms with Gasteiger partial charge in [-0.3, -0.25) is 19.4 Å². The molecule has 0 aromatic carbocycles. The maximum Gasteiger partial charge on any atom is 0.409 e. The van der Waals surface area contributed by atoms with Gasteiger partial charge in [-0.2, -0.15) is 0 Å². The van der Waals surface area contributed by atoms with E-state index in [4.69, 9.17) is 9.47 Å². The molecule has 6 rings (SSSR count). The topological polar surface area (TPSA) is 124 Å². The van der Waals surface area contributed by atoms with E-state index in [0.717, 1.165) is 96.0 Å². The smallest absolute Gasteiger partial charge is 0.409 e. The Bertz CT molecular complexity index is 1310. The maximum atomic E-state index is 13.2. The Labute approximate surface area is 307 Å². The fourth-order valence-electron chi connectivity index (χ4n) is 8.87. The van der Waals surface area contributed by atoms with Crippen molar-refractivity contribution in [2.24, 2.45) is 5.92 Å². The highest BCUT2D eigenvalue weighted by Gasteiger charge is 2.33. The molecule has 1 saturated carbocycles. The highest BCUT2D eigenvalue weighted by molar-refractivity contribution is 7.12. The van der Waals surface area contributed by atoms with Gasteiger partial charge in [0, 0.05) is 75.8 Å². The number of thiophene rings is 1. The summed E-state index contributed by atoms with van der Waals surface area (Å²) in [6.45, 7) is 9.15. The lowest BCUT2D eigenvalue weighted by atomic mass is 9.88. The zero-order chi connectivity index (χ0) is 35.6. The molecule has 4 aliphatic heterocycles. The first-order valence-corrected chi connectivity index (χ1v) is 20.7. The minimum absolute atomic E-state index is 0.0401. The number of carbonyl (C=O) groups excluding carboxylic acids is 4. The number of likely N-dealkylation sites (tertiary alicyclic amines) is 4. The quantitative estimate of drug-likeness (QED) is 0.350. The molecule has 4 saturated heterocycles. The minimum atomic E-state index is -0.258. The van der Waals surface area contributed by atoms with Crippen LogP contribution in [0.25, 0.3) is 0 Å². The van der Waals surface area contributed by atoms with Gasteiger partial charge in [-0.05, 0) is 101 Å². The molecular formula is C38H60N6O6S. The fraction of sp³-hybridized carbons (Fsp3) is 0.789. The van der Waals surface area contributed by atoms with Gasteiger partial charge in [0.25, 0.3) is 5.91 Å². The van der Waals surface area contributed by atoms with E-state index in [0.29, 0.717) is 56.2 Å². The summed E-state index contributed by atoms with van der Waals surface area (Å²) in [6.07, 6.45) is 13.6. The van der Waals surface area contributed by atoms with Gasteiger partial charge in [0.1, 0.15) is 0 Å². The zero-order valence-electron chi connectivity index (χ0n) is 30.7. The number of piperidine rings is 4. The Morgan fingerprint density at radius 1 is 0.706 bits per heavy atom. The molecule has 284 valence electrons. The van der Waals surface area contributed by atoms with Crippen molar-refractivity contribution in [2.75, 3.05) is 65.6 Å². The normalized spacial score (nSPS) is 25.0. The monoisotopic (exact) mass is 728 g/mol. The zero-order valence-corrected chi connectivity index (χ0v) is 31.5. The molecule has 1 aromatic rings. The van der Waals surface area contributed by atoms with Crippen LogP contribution in [0.3, 0.4) is 0 Å². The first kappa shape index (κ1) is 37.8. The van der Waals surface area contributed by atoms with Crippen LogP contribution in [0.5, 0.6) is 0 Å². The second-order valence-electron chi connectivity index (χ2n) is 15.3. The summed E-state index contributed by atoms with van der Waals surface area (Å²) >= 11 is 1.44. The van der Waals surface area contributed by atoms with Gasteiger partial charge in [-0.1, -0.05) is 19.3 Å². The van der Waals surface area contributed by atoms with E-state index in [9.17, 15) is 19.2 Å². The molecule has 2 atom stereocenters. The second kappa shape index (κ2) is 18.7. The van der Waals surface area contributed by atoms with Crippen LogP contribution in [-0.2, 0) is 20.7 Å².